The first-order valence-corrected chi connectivity index (χ1v) is 6.96. The SMILES string of the molecule is O=C(c1ccc2nccc(Br)c2c1)N1CCOCC1. The first-order valence-electron chi connectivity index (χ1n) is 6.17. The van der Waals surface area contributed by atoms with E-state index >= 15 is 0 Å². The average molecular weight is 321 g/mol. The van der Waals surface area contributed by atoms with Crippen LogP contribution in [-0.2, 0) is 4.74 Å². The molecule has 0 atom stereocenters. The third kappa shape index (κ3) is 2.48. The van der Waals surface area contributed by atoms with E-state index < -0.39 is 0 Å². The maximum atomic E-state index is 12.4. The summed E-state index contributed by atoms with van der Waals surface area (Å²) in [5, 5.41) is 0.960. The minimum atomic E-state index is 0.0564. The van der Waals surface area contributed by atoms with E-state index in [0.29, 0.717) is 31.9 Å². The lowest BCUT2D eigenvalue weighted by molar-refractivity contribution is 0.0303. The van der Waals surface area contributed by atoms with Gasteiger partial charge in [-0.05, 0) is 24.3 Å². The van der Waals surface area contributed by atoms with Crippen molar-refractivity contribution in [2.24, 2.45) is 0 Å². The summed E-state index contributed by atoms with van der Waals surface area (Å²) in [6.45, 7) is 2.55. The average Bonchev–Trinajstić information content (AvgIpc) is 2.47. The molecule has 2 aromatic rings. The molecule has 0 spiro atoms. The van der Waals surface area contributed by atoms with Crippen LogP contribution >= 0.6 is 15.9 Å². The Hall–Kier alpha value is -1.46. The van der Waals surface area contributed by atoms with Gasteiger partial charge in [-0.25, -0.2) is 0 Å². The van der Waals surface area contributed by atoms with Crippen molar-refractivity contribution in [1.82, 2.24) is 9.88 Å². The number of hydrogen-bond donors (Lipinski definition) is 0. The van der Waals surface area contributed by atoms with E-state index in [4.69, 9.17) is 4.74 Å². The number of rotatable bonds is 1. The first-order chi connectivity index (χ1) is 9.25. The van der Waals surface area contributed by atoms with Crippen molar-refractivity contribution < 1.29 is 9.53 Å². The highest BCUT2D eigenvalue weighted by molar-refractivity contribution is 9.10. The lowest BCUT2D eigenvalue weighted by atomic mass is 10.1. The van der Waals surface area contributed by atoms with Crippen LogP contribution in [0.1, 0.15) is 10.4 Å². The predicted octanol–water partition coefficient (Wildman–Crippen LogP) is 2.47. The fraction of sp³-hybridized carbons (Fsp3) is 0.286. The number of benzene rings is 1. The molecule has 0 saturated carbocycles. The van der Waals surface area contributed by atoms with Gasteiger partial charge in [0.2, 0.25) is 0 Å². The monoisotopic (exact) mass is 320 g/mol. The summed E-state index contributed by atoms with van der Waals surface area (Å²) in [7, 11) is 0. The summed E-state index contributed by atoms with van der Waals surface area (Å²) in [5.41, 5.74) is 1.58. The van der Waals surface area contributed by atoms with Crippen molar-refractivity contribution in [3.05, 3.63) is 40.5 Å². The van der Waals surface area contributed by atoms with Crippen LogP contribution in [-0.4, -0.2) is 42.1 Å². The zero-order chi connectivity index (χ0) is 13.2. The summed E-state index contributed by atoms with van der Waals surface area (Å²) in [5.74, 6) is 0.0564. The number of nitrogens with zero attached hydrogens (tertiary/aromatic N) is 2. The fourth-order valence-electron chi connectivity index (χ4n) is 2.19. The molecular formula is C14H13BrN2O2. The number of amides is 1. The minimum Gasteiger partial charge on any atom is -0.378 e. The summed E-state index contributed by atoms with van der Waals surface area (Å²) >= 11 is 3.49. The van der Waals surface area contributed by atoms with Gasteiger partial charge in [0.05, 0.1) is 18.7 Å². The second-order valence-corrected chi connectivity index (χ2v) is 5.28. The Kier molecular flexibility index (Phi) is 3.48. The summed E-state index contributed by atoms with van der Waals surface area (Å²) in [4.78, 5) is 18.5. The van der Waals surface area contributed by atoms with Crippen molar-refractivity contribution in [3.63, 3.8) is 0 Å². The van der Waals surface area contributed by atoms with Gasteiger partial charge in [-0.15, -0.1) is 0 Å². The smallest absolute Gasteiger partial charge is 0.254 e. The molecule has 1 aliphatic heterocycles. The fourth-order valence-corrected chi connectivity index (χ4v) is 2.63. The van der Waals surface area contributed by atoms with E-state index in [1.54, 1.807) is 6.20 Å². The molecule has 1 saturated heterocycles. The molecule has 1 aromatic carbocycles. The third-order valence-electron chi connectivity index (χ3n) is 3.23. The van der Waals surface area contributed by atoms with Crippen LogP contribution in [0.2, 0.25) is 0 Å². The van der Waals surface area contributed by atoms with Gasteiger partial charge in [-0.2, -0.15) is 0 Å². The number of halogens is 1. The van der Waals surface area contributed by atoms with Crippen molar-refractivity contribution in [2.75, 3.05) is 26.3 Å². The van der Waals surface area contributed by atoms with Crippen LogP contribution in [0.15, 0.2) is 34.9 Å². The standard InChI is InChI=1S/C14H13BrN2O2/c15-12-3-4-16-13-2-1-10(9-11(12)13)14(18)17-5-7-19-8-6-17/h1-4,9H,5-8H2. The van der Waals surface area contributed by atoms with Crippen LogP contribution in [0.4, 0.5) is 0 Å². The van der Waals surface area contributed by atoms with Crippen LogP contribution in [0, 0.1) is 0 Å². The third-order valence-corrected chi connectivity index (χ3v) is 3.93. The molecule has 4 nitrogen and oxygen atoms in total. The van der Waals surface area contributed by atoms with E-state index in [2.05, 4.69) is 20.9 Å². The van der Waals surface area contributed by atoms with Crippen molar-refractivity contribution in [3.8, 4) is 0 Å². The quantitative estimate of drug-likeness (QED) is 0.810. The molecule has 1 aliphatic rings. The zero-order valence-electron chi connectivity index (χ0n) is 10.3. The van der Waals surface area contributed by atoms with Gasteiger partial charge >= 0.3 is 0 Å². The Morgan fingerprint density at radius 2 is 2.05 bits per heavy atom. The number of pyridine rings is 1. The zero-order valence-corrected chi connectivity index (χ0v) is 11.9. The molecule has 0 bridgehead atoms. The largest absolute Gasteiger partial charge is 0.378 e. The molecule has 98 valence electrons. The van der Waals surface area contributed by atoms with Gasteiger partial charge in [0.1, 0.15) is 0 Å². The van der Waals surface area contributed by atoms with Crippen LogP contribution in [0.25, 0.3) is 10.9 Å². The normalized spacial score (nSPS) is 15.7. The molecule has 0 radical (unpaired) electrons. The second kappa shape index (κ2) is 5.27. The molecule has 0 N–H and O–H groups in total. The molecule has 1 amide bonds. The Bertz CT molecular complexity index is 624. The molecule has 2 heterocycles. The van der Waals surface area contributed by atoms with E-state index in [-0.39, 0.29) is 5.91 Å². The van der Waals surface area contributed by atoms with Gasteiger partial charge in [-0.3, -0.25) is 9.78 Å². The first kappa shape index (κ1) is 12.6. The predicted molar refractivity (Wildman–Crippen MR) is 76.2 cm³/mol. The number of carbonyl (C=O) groups excluding carboxylic acids is 1. The molecule has 1 aromatic heterocycles. The Labute approximate surface area is 119 Å². The lowest BCUT2D eigenvalue weighted by Gasteiger charge is -2.26. The van der Waals surface area contributed by atoms with Gasteiger partial charge in [-0.1, -0.05) is 15.9 Å². The number of morpholine rings is 1. The molecule has 5 heteroatoms. The van der Waals surface area contributed by atoms with Crippen molar-refractivity contribution in [1.29, 1.82) is 0 Å². The number of carbonyl (C=O) groups is 1. The van der Waals surface area contributed by atoms with E-state index in [1.165, 1.54) is 0 Å². The van der Waals surface area contributed by atoms with Crippen LogP contribution in [0.5, 0.6) is 0 Å². The van der Waals surface area contributed by atoms with E-state index in [1.807, 2.05) is 29.2 Å². The maximum absolute atomic E-state index is 12.4. The highest BCUT2D eigenvalue weighted by Crippen LogP contribution is 2.23. The molecule has 0 aliphatic carbocycles. The summed E-state index contributed by atoms with van der Waals surface area (Å²) in [6.07, 6.45) is 1.75. The lowest BCUT2D eigenvalue weighted by Crippen LogP contribution is -2.40. The molecule has 0 unspecified atom stereocenters. The minimum absolute atomic E-state index is 0.0564. The Balaban J connectivity index is 1.96. The number of ether oxygens (including phenoxy) is 1. The van der Waals surface area contributed by atoms with E-state index in [0.717, 1.165) is 15.4 Å². The topological polar surface area (TPSA) is 42.4 Å². The van der Waals surface area contributed by atoms with Crippen LogP contribution < -0.4 is 0 Å². The van der Waals surface area contributed by atoms with Gasteiger partial charge in [0.15, 0.2) is 0 Å². The maximum Gasteiger partial charge on any atom is 0.254 e. The molecule has 19 heavy (non-hydrogen) atoms. The number of hydrogen-bond acceptors (Lipinski definition) is 3. The number of aromatic nitrogens is 1. The van der Waals surface area contributed by atoms with Gasteiger partial charge in [0, 0.05) is 34.7 Å². The van der Waals surface area contributed by atoms with Crippen molar-refractivity contribution in [2.45, 2.75) is 0 Å². The second-order valence-electron chi connectivity index (χ2n) is 4.43. The molecular weight excluding hydrogens is 308 g/mol. The highest BCUT2D eigenvalue weighted by atomic mass is 79.9. The Morgan fingerprint density at radius 3 is 2.84 bits per heavy atom. The molecule has 1 fully saturated rings. The Morgan fingerprint density at radius 1 is 1.26 bits per heavy atom. The number of fused-ring (bicyclic) bond motifs is 1. The molecule has 3 rings (SSSR count). The van der Waals surface area contributed by atoms with Crippen LogP contribution in [0.3, 0.4) is 0 Å². The van der Waals surface area contributed by atoms with Gasteiger partial charge < -0.3 is 9.64 Å². The van der Waals surface area contributed by atoms with E-state index in [9.17, 15) is 4.79 Å². The van der Waals surface area contributed by atoms with Gasteiger partial charge in [0.25, 0.3) is 5.91 Å². The summed E-state index contributed by atoms with van der Waals surface area (Å²) in [6, 6.07) is 7.49. The highest BCUT2D eigenvalue weighted by Gasteiger charge is 2.18. The summed E-state index contributed by atoms with van der Waals surface area (Å²) < 4.78 is 6.22. The van der Waals surface area contributed by atoms with Crippen molar-refractivity contribution >= 4 is 32.7 Å².